The lowest BCUT2D eigenvalue weighted by molar-refractivity contribution is -0.113. The van der Waals surface area contributed by atoms with Gasteiger partial charge in [-0.15, -0.1) is 0 Å². The van der Waals surface area contributed by atoms with Gasteiger partial charge in [-0.3, -0.25) is 4.79 Å². The van der Waals surface area contributed by atoms with Crippen molar-refractivity contribution in [3.63, 3.8) is 0 Å². The van der Waals surface area contributed by atoms with E-state index in [1.54, 1.807) is 0 Å². The molecule has 1 amide bonds. The molecule has 6 heteroatoms. The maximum atomic E-state index is 13.1. The third kappa shape index (κ3) is 3.49. The first-order valence-corrected chi connectivity index (χ1v) is 4.26. The molecule has 0 radical (unpaired) electrons. The highest BCUT2D eigenvalue weighted by Gasteiger charge is 2.01. The van der Waals surface area contributed by atoms with Crippen LogP contribution in [-0.2, 0) is 4.79 Å². The number of carbonyl (C=O) groups is 1. The van der Waals surface area contributed by atoms with Gasteiger partial charge in [-0.1, -0.05) is 0 Å². The molecule has 0 bridgehead atoms. The lowest BCUT2D eigenvalue weighted by atomic mass is 10.2. The summed E-state index contributed by atoms with van der Waals surface area (Å²) < 4.78 is 25.8. The molecule has 16 heavy (non-hydrogen) atoms. The lowest BCUT2D eigenvalue weighted by Gasteiger charge is -1.95. The van der Waals surface area contributed by atoms with Crippen LogP contribution in [0.25, 0.3) is 6.08 Å². The van der Waals surface area contributed by atoms with Gasteiger partial charge < -0.3 is 11.5 Å². The zero-order valence-electron chi connectivity index (χ0n) is 8.15. The molecule has 0 unspecified atom stereocenters. The minimum atomic E-state index is -0.747. The second-order valence-electron chi connectivity index (χ2n) is 2.87. The molecule has 84 valence electrons. The molecule has 0 aliphatic carbocycles. The van der Waals surface area contributed by atoms with Crippen molar-refractivity contribution in [2.45, 2.75) is 0 Å². The molecular weight excluding hydrogens is 216 g/mol. The van der Waals surface area contributed by atoms with Gasteiger partial charge in [-0.2, -0.15) is 4.99 Å². The summed E-state index contributed by atoms with van der Waals surface area (Å²) in [6, 6.07) is 2.89. The van der Waals surface area contributed by atoms with Gasteiger partial charge in [0.25, 0.3) is 5.91 Å². The van der Waals surface area contributed by atoms with E-state index >= 15 is 0 Å². The minimum Gasteiger partial charge on any atom is -0.370 e. The summed E-state index contributed by atoms with van der Waals surface area (Å²) in [4.78, 5) is 14.1. The van der Waals surface area contributed by atoms with E-state index in [0.717, 1.165) is 30.4 Å². The van der Waals surface area contributed by atoms with Crippen LogP contribution in [0.3, 0.4) is 0 Å². The van der Waals surface area contributed by atoms with Gasteiger partial charge in [0.1, 0.15) is 11.6 Å². The number of nitrogens with zero attached hydrogens (tertiary/aromatic N) is 1. The standard InChI is InChI=1S/C10H9F2N3O/c11-7-2-3-8(12)6(5-7)1-4-9(16)15-10(13)14/h1-5H,(H4,13,14,15,16)/b4-1+. The predicted octanol–water partition coefficient (Wildman–Crippen LogP) is 0.778. The molecule has 4 nitrogen and oxygen atoms in total. The fourth-order valence-corrected chi connectivity index (χ4v) is 0.968. The van der Waals surface area contributed by atoms with Crippen molar-refractivity contribution in [1.29, 1.82) is 0 Å². The van der Waals surface area contributed by atoms with Crippen LogP contribution >= 0.6 is 0 Å². The van der Waals surface area contributed by atoms with E-state index in [9.17, 15) is 13.6 Å². The van der Waals surface area contributed by atoms with Crippen molar-refractivity contribution in [2.75, 3.05) is 0 Å². The van der Waals surface area contributed by atoms with E-state index in [1.165, 1.54) is 0 Å². The zero-order valence-corrected chi connectivity index (χ0v) is 8.15. The topological polar surface area (TPSA) is 81.5 Å². The number of amides is 1. The van der Waals surface area contributed by atoms with Crippen LogP contribution in [0.5, 0.6) is 0 Å². The molecule has 0 atom stereocenters. The second kappa shape index (κ2) is 5.01. The van der Waals surface area contributed by atoms with E-state index in [2.05, 4.69) is 4.99 Å². The van der Waals surface area contributed by atoms with E-state index in [1.807, 2.05) is 0 Å². The zero-order chi connectivity index (χ0) is 12.1. The third-order valence-electron chi connectivity index (χ3n) is 1.60. The number of guanidine groups is 1. The van der Waals surface area contributed by atoms with Crippen LogP contribution in [0, 0.1) is 11.6 Å². The number of hydrogen-bond donors (Lipinski definition) is 2. The molecule has 0 fully saturated rings. The van der Waals surface area contributed by atoms with E-state index in [0.29, 0.717) is 0 Å². The number of halogens is 2. The van der Waals surface area contributed by atoms with Crippen LogP contribution in [-0.4, -0.2) is 11.9 Å². The number of rotatable bonds is 2. The summed E-state index contributed by atoms with van der Waals surface area (Å²) in [5.74, 6) is -2.39. The monoisotopic (exact) mass is 225 g/mol. The summed E-state index contributed by atoms with van der Waals surface area (Å²) in [5, 5.41) is 0. The number of nitrogens with two attached hydrogens (primary N) is 2. The van der Waals surface area contributed by atoms with E-state index < -0.39 is 23.5 Å². The Labute approximate surface area is 90.3 Å². The number of carbonyl (C=O) groups excluding carboxylic acids is 1. The summed E-state index contributed by atoms with van der Waals surface area (Å²) in [6.45, 7) is 0. The van der Waals surface area contributed by atoms with Crippen LogP contribution in [0.4, 0.5) is 8.78 Å². The van der Waals surface area contributed by atoms with Crippen molar-refractivity contribution in [3.05, 3.63) is 41.5 Å². The van der Waals surface area contributed by atoms with E-state index in [-0.39, 0.29) is 5.56 Å². The Balaban J connectivity index is 2.88. The first-order valence-electron chi connectivity index (χ1n) is 4.26. The number of benzene rings is 1. The smallest absolute Gasteiger partial charge is 0.272 e. The Morgan fingerprint density at radius 3 is 2.62 bits per heavy atom. The third-order valence-corrected chi connectivity index (χ3v) is 1.60. The van der Waals surface area contributed by atoms with Gasteiger partial charge in [0, 0.05) is 11.6 Å². The van der Waals surface area contributed by atoms with Crippen LogP contribution in [0.15, 0.2) is 29.3 Å². The highest BCUT2D eigenvalue weighted by atomic mass is 19.1. The molecule has 1 rings (SSSR count). The number of hydrogen-bond acceptors (Lipinski definition) is 1. The number of aliphatic imine (C=N–C) groups is 1. The van der Waals surface area contributed by atoms with Crippen molar-refractivity contribution in [2.24, 2.45) is 16.5 Å². The summed E-state index contributed by atoms with van der Waals surface area (Å²) in [6.07, 6.45) is 2.03. The molecule has 0 aromatic heterocycles. The van der Waals surface area contributed by atoms with Crippen LogP contribution in [0.1, 0.15) is 5.56 Å². The minimum absolute atomic E-state index is 0.0563. The highest BCUT2D eigenvalue weighted by molar-refractivity contribution is 5.99. The molecule has 0 spiro atoms. The van der Waals surface area contributed by atoms with Gasteiger partial charge in [-0.05, 0) is 24.3 Å². The lowest BCUT2D eigenvalue weighted by Crippen LogP contribution is -2.23. The molecule has 0 saturated heterocycles. The molecule has 4 N–H and O–H groups in total. The molecule has 0 aliphatic heterocycles. The van der Waals surface area contributed by atoms with Crippen LogP contribution in [0.2, 0.25) is 0 Å². The largest absolute Gasteiger partial charge is 0.370 e. The molecule has 1 aromatic rings. The SMILES string of the molecule is NC(N)=NC(=O)/C=C/c1cc(F)ccc1F. The van der Waals surface area contributed by atoms with Gasteiger partial charge in [0.15, 0.2) is 5.96 Å². The van der Waals surface area contributed by atoms with Gasteiger partial charge in [-0.25, -0.2) is 8.78 Å². The fraction of sp³-hybridized carbons (Fsp3) is 0. The summed E-state index contributed by atoms with van der Waals surface area (Å²) in [5.41, 5.74) is 9.85. The Kier molecular flexibility index (Phi) is 3.71. The van der Waals surface area contributed by atoms with Gasteiger partial charge >= 0.3 is 0 Å². The maximum Gasteiger partial charge on any atom is 0.272 e. The quantitative estimate of drug-likeness (QED) is 0.443. The van der Waals surface area contributed by atoms with Crippen molar-refractivity contribution >= 4 is 17.9 Å². The Bertz CT molecular complexity index is 465. The normalized spacial score (nSPS) is 10.4. The first kappa shape index (κ1) is 11.8. The van der Waals surface area contributed by atoms with Crippen molar-refractivity contribution in [3.8, 4) is 0 Å². The second-order valence-corrected chi connectivity index (χ2v) is 2.87. The average molecular weight is 225 g/mol. The molecule has 0 heterocycles. The van der Waals surface area contributed by atoms with Gasteiger partial charge in [0.05, 0.1) is 0 Å². The Hall–Kier alpha value is -2.24. The molecular formula is C10H9F2N3O. The fourth-order valence-electron chi connectivity index (χ4n) is 0.968. The Morgan fingerprint density at radius 1 is 1.31 bits per heavy atom. The highest BCUT2D eigenvalue weighted by Crippen LogP contribution is 2.11. The van der Waals surface area contributed by atoms with Gasteiger partial charge in [0.2, 0.25) is 0 Å². The van der Waals surface area contributed by atoms with Crippen LogP contribution < -0.4 is 11.5 Å². The van der Waals surface area contributed by atoms with Crippen molar-refractivity contribution in [1.82, 2.24) is 0 Å². The Morgan fingerprint density at radius 2 is 2.00 bits per heavy atom. The molecule has 1 aromatic carbocycles. The summed E-state index contributed by atoms with van der Waals surface area (Å²) in [7, 11) is 0. The van der Waals surface area contributed by atoms with Crippen molar-refractivity contribution < 1.29 is 13.6 Å². The molecule has 0 aliphatic rings. The molecule has 0 saturated carbocycles. The average Bonchev–Trinajstić information content (AvgIpc) is 2.18. The predicted molar refractivity (Wildman–Crippen MR) is 56.2 cm³/mol. The summed E-state index contributed by atoms with van der Waals surface area (Å²) >= 11 is 0. The van der Waals surface area contributed by atoms with E-state index in [4.69, 9.17) is 11.5 Å². The first-order chi connectivity index (χ1) is 7.49. The maximum absolute atomic E-state index is 13.1.